The summed E-state index contributed by atoms with van der Waals surface area (Å²) in [5.41, 5.74) is 8.19. The van der Waals surface area contributed by atoms with Gasteiger partial charge < -0.3 is 0 Å². The van der Waals surface area contributed by atoms with Crippen LogP contribution in [-0.4, -0.2) is 80.7 Å². The Bertz CT molecular complexity index is 200. The normalized spacial score (nSPS) is 8.07. The smallest absolute Gasteiger partial charge is 0.147 e. The van der Waals surface area contributed by atoms with Gasteiger partial charge >= 0.3 is 0 Å². The molecule has 13 radical (unpaired) electrons. The van der Waals surface area contributed by atoms with Crippen molar-refractivity contribution < 1.29 is 0 Å². The Kier molecular flexibility index (Phi) is 7.56. The molecular weight excluding hydrogens is 178 g/mol. The van der Waals surface area contributed by atoms with Crippen molar-refractivity contribution in [3.63, 3.8) is 0 Å². The number of rotatable bonds is 6. The molecule has 0 bridgehead atoms. The van der Waals surface area contributed by atoms with Crippen LogP contribution in [0.5, 0.6) is 0 Å². The Labute approximate surface area is 96.4 Å². The zero-order valence-corrected chi connectivity index (χ0v) is 8.62. The topological polar surface area (TPSA) is 48.8 Å². The number of hydrogen-bond acceptors (Lipinski definition) is 1. The average Bonchev–Trinajstić information content (AvgIpc) is 2.13. The summed E-state index contributed by atoms with van der Waals surface area (Å²) in [5, 5.41) is 3.32. The first-order valence-electron chi connectivity index (χ1n) is 3.95. The molecule has 0 saturated heterocycles. The second-order valence-corrected chi connectivity index (χ2v) is 3.12. The number of azide groups is 1. The second-order valence-electron chi connectivity index (χ2n) is 2.79. The van der Waals surface area contributed by atoms with Gasteiger partial charge in [-0.25, -0.2) is 0 Å². The molecule has 0 spiro atoms. The van der Waals surface area contributed by atoms with E-state index in [-0.39, 0.29) is 6.39 Å². The van der Waals surface area contributed by atoms with Gasteiger partial charge in [-0.2, -0.15) is 5.03 Å². The Hall–Kier alpha value is 0.176. The average molecular weight is 178 g/mol. The van der Waals surface area contributed by atoms with Gasteiger partial charge in [0, 0.05) is 63.9 Å². The number of nitrogens with zero attached hydrogens (tertiary/aromatic N) is 3. The first kappa shape index (κ1) is 14.2. The zero-order valence-electron chi connectivity index (χ0n) is 7.62. The monoisotopic (exact) mass is 180 g/mol. The van der Waals surface area contributed by atoms with E-state index in [1.807, 2.05) is 0 Å². The number of hydrogen-bond donors (Lipinski definition) is 0. The van der Waals surface area contributed by atoms with Crippen molar-refractivity contribution in [3.05, 3.63) is 10.4 Å². The molecule has 49 valence electrons. The highest BCUT2D eigenvalue weighted by atomic mass is 28.1. The van der Waals surface area contributed by atoms with Gasteiger partial charge in [0.1, 0.15) is 6.63 Å². The van der Waals surface area contributed by atoms with Crippen LogP contribution in [0.1, 0.15) is 0 Å². The van der Waals surface area contributed by atoms with Crippen molar-refractivity contribution in [2.45, 2.75) is 0 Å². The zero-order chi connectivity index (χ0) is 11.1. The van der Waals surface area contributed by atoms with E-state index in [0.717, 1.165) is 0 Å². The predicted molar refractivity (Wildman–Crippen MR) is 72.4 cm³/mol. The molecule has 3 nitrogen and oxygen atoms in total. The largest absolute Gasteiger partial charge is 0.169 e. The molecule has 0 saturated carbocycles. The summed E-state index contributed by atoms with van der Waals surface area (Å²) in [7, 11) is 26.8. The first-order valence-corrected chi connectivity index (χ1v) is 4.52. The lowest BCUT2D eigenvalue weighted by molar-refractivity contribution is 1.75. The summed E-state index contributed by atoms with van der Waals surface area (Å²) in [5.74, 6) is 0. The quantitative estimate of drug-likeness (QED) is 0.176. The maximum Gasteiger partial charge on any atom is 0.147 e. The van der Waals surface area contributed by atoms with Crippen molar-refractivity contribution in [2.75, 3.05) is 0 Å². The molecule has 0 fully saturated rings. The van der Waals surface area contributed by atoms with Gasteiger partial charge in [0.15, 0.2) is 0 Å². The molecule has 0 aromatic heterocycles. The van der Waals surface area contributed by atoms with Gasteiger partial charge in [0.2, 0.25) is 0 Å². The van der Waals surface area contributed by atoms with E-state index >= 15 is 0 Å². The van der Waals surface area contributed by atoms with Crippen LogP contribution >= 0.6 is 0 Å². The Morgan fingerprint density at radius 1 is 1.29 bits per heavy atom. The third-order valence-corrected chi connectivity index (χ3v) is 2.05. The summed E-state index contributed by atoms with van der Waals surface area (Å²) < 4.78 is 0. The maximum absolute atomic E-state index is 8.19. The van der Waals surface area contributed by atoms with Crippen molar-refractivity contribution >= 4 is 80.7 Å². The third-order valence-electron chi connectivity index (χ3n) is 1.66. The van der Waals surface area contributed by atoms with E-state index < -0.39 is 19.4 Å². The molecule has 0 heterocycles. The van der Waals surface area contributed by atoms with E-state index in [1.165, 1.54) is 0 Å². The van der Waals surface area contributed by atoms with Crippen LogP contribution in [0.2, 0.25) is 0 Å². The lowest BCUT2D eigenvalue weighted by Gasteiger charge is -2.21. The fourth-order valence-electron chi connectivity index (χ4n) is 0.919. The molecule has 14 heteroatoms. The van der Waals surface area contributed by atoms with Gasteiger partial charge in [0.05, 0.1) is 0 Å². The third kappa shape index (κ3) is 5.16. The van der Waals surface area contributed by atoms with Crippen LogP contribution < -0.4 is 0 Å². The van der Waals surface area contributed by atoms with E-state index in [0.29, 0.717) is 0 Å². The summed E-state index contributed by atoms with van der Waals surface area (Å²) in [6, 6.07) is 0. The summed E-state index contributed by atoms with van der Waals surface area (Å²) in [4.78, 5) is 2.58. The highest BCUT2D eigenvalue weighted by Gasteiger charge is 2.27. The molecule has 0 aliphatic heterocycles. The summed E-state index contributed by atoms with van der Waals surface area (Å²) in [6.45, 7) is 0.760. The van der Waals surface area contributed by atoms with Crippen LogP contribution in [0.25, 0.3) is 10.4 Å². The van der Waals surface area contributed by atoms with E-state index in [4.69, 9.17) is 36.5 Å². The lowest BCUT2D eigenvalue weighted by Crippen LogP contribution is -2.59. The van der Waals surface area contributed by atoms with Crippen LogP contribution in [0.4, 0.5) is 0 Å². The highest BCUT2D eigenvalue weighted by molar-refractivity contribution is 7.95. The maximum atomic E-state index is 8.19. The molecule has 0 aromatic carbocycles. The molecule has 0 aliphatic rings. The molecule has 0 rings (SSSR count). The predicted octanol–water partition coefficient (Wildman–Crippen LogP) is -3.43. The SMILES string of the molecule is [B]B([B][Si])[B]B(B([B])[B])B([B])N=[N+]=[N-]. The van der Waals surface area contributed by atoms with Gasteiger partial charge in [-0.3, -0.25) is 0 Å². The van der Waals surface area contributed by atoms with Crippen molar-refractivity contribution in [1.29, 1.82) is 0 Å². The van der Waals surface area contributed by atoms with Gasteiger partial charge in [-0.1, -0.05) is 0 Å². The first-order chi connectivity index (χ1) is 6.52. The van der Waals surface area contributed by atoms with Crippen LogP contribution in [0, 0.1) is 0 Å². The molecule has 0 amide bonds. The lowest BCUT2D eigenvalue weighted by atomic mass is 8.64. The molecule has 0 atom stereocenters. The minimum atomic E-state index is -0.808. The minimum Gasteiger partial charge on any atom is -0.169 e. The van der Waals surface area contributed by atoms with Gasteiger partial charge in [-0.05, 0) is 20.6 Å². The van der Waals surface area contributed by atoms with Gasteiger partial charge in [0.25, 0.3) is 0 Å². The van der Waals surface area contributed by atoms with Crippen molar-refractivity contribution in [3.8, 4) is 0 Å². The molecular formula is B10N3Si. The van der Waals surface area contributed by atoms with Gasteiger partial charge in [-0.15, -0.1) is 0 Å². The van der Waals surface area contributed by atoms with E-state index in [9.17, 15) is 0 Å². The molecule has 0 unspecified atom stereocenters. The Morgan fingerprint density at radius 2 is 1.86 bits per heavy atom. The van der Waals surface area contributed by atoms with Crippen molar-refractivity contribution in [1.82, 2.24) is 0 Å². The highest BCUT2D eigenvalue weighted by Crippen LogP contribution is 1.91. The van der Waals surface area contributed by atoms with Crippen LogP contribution in [0.15, 0.2) is 5.03 Å². The minimum absolute atomic E-state index is 0.355. The fraction of sp³-hybridized carbons (Fsp3) is 0. The molecule has 0 aromatic rings. The second kappa shape index (κ2) is 7.47. The van der Waals surface area contributed by atoms with Crippen molar-refractivity contribution in [2.24, 2.45) is 5.03 Å². The molecule has 14 heavy (non-hydrogen) atoms. The van der Waals surface area contributed by atoms with Crippen LogP contribution in [0.3, 0.4) is 0 Å². The van der Waals surface area contributed by atoms with E-state index in [1.54, 1.807) is 13.8 Å². The fourth-order valence-corrected chi connectivity index (χ4v) is 1.03. The molecule has 0 aliphatic carbocycles. The van der Waals surface area contributed by atoms with Crippen LogP contribution in [-0.2, 0) is 0 Å². The Balaban J connectivity index is 4.35. The Morgan fingerprint density at radius 3 is 2.21 bits per heavy atom. The summed E-state index contributed by atoms with van der Waals surface area (Å²) >= 11 is 0. The standard InChI is InChI=1S/B10N3Si/c1-7(2)10(5-8(3)6-14)9(4)12-13-11. The van der Waals surface area contributed by atoms with E-state index in [2.05, 4.69) is 20.0 Å². The molecule has 0 N–H and O–H groups in total. The summed E-state index contributed by atoms with van der Waals surface area (Å²) in [6.07, 6.45) is -1.53.